The van der Waals surface area contributed by atoms with E-state index >= 15 is 0 Å². The van der Waals surface area contributed by atoms with E-state index in [1.165, 1.54) is 3.98 Å². The van der Waals surface area contributed by atoms with Crippen molar-refractivity contribution < 1.29 is 24.2 Å². The van der Waals surface area contributed by atoms with Gasteiger partial charge >= 0.3 is 45.4 Å². The van der Waals surface area contributed by atoms with Crippen LogP contribution in [0.4, 0.5) is 0 Å². The second kappa shape index (κ2) is 4.66. The molecule has 0 saturated heterocycles. The van der Waals surface area contributed by atoms with Gasteiger partial charge in [-0.2, -0.15) is 0 Å². The van der Waals surface area contributed by atoms with E-state index < -0.39 is 0 Å². The first-order chi connectivity index (χ1) is 2.41. The summed E-state index contributed by atoms with van der Waals surface area (Å²) in [6.45, 7) is 3.60. The van der Waals surface area contributed by atoms with Crippen molar-refractivity contribution in [2.45, 2.75) is 8.46 Å². The maximum absolute atomic E-state index is 3.60. The third kappa shape index (κ3) is 4.66. The standard InChI is InChI=1S/C3H5.CH3.Cd/c1-3-2;;/h3H,1-2H2;1H3;. The van der Waals surface area contributed by atoms with Gasteiger partial charge in [0.1, 0.15) is 0 Å². The molecule has 0 atom stereocenters. The fourth-order valence-corrected chi connectivity index (χ4v) is 1.37. The molecule has 0 unspecified atom stereocenters. The molecule has 5 heavy (non-hydrogen) atoms. The minimum atomic E-state index is -0.180. The Morgan fingerprint density at radius 3 is 2.60 bits per heavy atom. The second-order valence-electron chi connectivity index (χ2n) is 1.08. The predicted octanol–water partition coefficient (Wildman–Crippen LogP) is 1.72. The van der Waals surface area contributed by atoms with Crippen molar-refractivity contribution >= 4 is 0 Å². The predicted molar refractivity (Wildman–Crippen MR) is 20.9 cm³/mol. The summed E-state index contributed by atoms with van der Waals surface area (Å²) >= 11 is -0.180. The van der Waals surface area contributed by atoms with Crippen LogP contribution < -0.4 is 0 Å². The van der Waals surface area contributed by atoms with Gasteiger partial charge in [0.2, 0.25) is 0 Å². The van der Waals surface area contributed by atoms with Crippen LogP contribution in [0.2, 0.25) is 8.46 Å². The summed E-state index contributed by atoms with van der Waals surface area (Å²) in [4.78, 5) is 0. The third-order valence-corrected chi connectivity index (χ3v) is 3.31. The zero-order valence-corrected chi connectivity index (χ0v) is 7.73. The summed E-state index contributed by atoms with van der Waals surface area (Å²) in [5, 5.41) is 0. The Hall–Kier alpha value is 0.662. The topological polar surface area (TPSA) is 0 Å². The van der Waals surface area contributed by atoms with Gasteiger partial charge in [0, 0.05) is 0 Å². The minimum absolute atomic E-state index is 0.180. The molecule has 0 aliphatic carbocycles. The van der Waals surface area contributed by atoms with Crippen LogP contribution in [0.25, 0.3) is 0 Å². The number of hydrogen-bond acceptors (Lipinski definition) is 0. The molecular weight excluding hydrogens is 160 g/mol. The summed E-state index contributed by atoms with van der Waals surface area (Å²) in [6, 6.07) is 0. The van der Waals surface area contributed by atoms with Gasteiger partial charge in [-0.3, -0.25) is 0 Å². The Kier molecular flexibility index (Phi) is 5.28. The van der Waals surface area contributed by atoms with Crippen molar-refractivity contribution in [3.8, 4) is 0 Å². The van der Waals surface area contributed by atoms with E-state index in [-0.39, 0.29) is 24.2 Å². The van der Waals surface area contributed by atoms with Gasteiger partial charge in [0.15, 0.2) is 0 Å². The summed E-state index contributed by atoms with van der Waals surface area (Å²) in [5.74, 6) is 0. The van der Waals surface area contributed by atoms with E-state index in [0.717, 1.165) is 0 Å². The van der Waals surface area contributed by atoms with Crippen LogP contribution in [-0.2, 0) is 24.2 Å². The summed E-state index contributed by atoms with van der Waals surface area (Å²) in [6.07, 6.45) is 2.02. The van der Waals surface area contributed by atoms with Crippen molar-refractivity contribution in [3.63, 3.8) is 0 Å². The number of rotatable bonds is 2. The molecule has 0 amide bonds. The molecule has 0 aromatic heterocycles. The van der Waals surface area contributed by atoms with Gasteiger partial charge in [-0.15, -0.1) is 0 Å². The molecule has 0 saturated carbocycles. The first-order valence-corrected chi connectivity index (χ1v) is 8.91. The van der Waals surface area contributed by atoms with Crippen molar-refractivity contribution in [2.75, 3.05) is 0 Å². The molecule has 0 bridgehead atoms. The molecule has 0 N–H and O–H groups in total. The Morgan fingerprint density at radius 1 is 2.00 bits per heavy atom. The van der Waals surface area contributed by atoms with Crippen LogP contribution in [0.3, 0.4) is 0 Å². The van der Waals surface area contributed by atoms with Crippen molar-refractivity contribution in [1.29, 1.82) is 0 Å². The van der Waals surface area contributed by atoms with Crippen molar-refractivity contribution in [1.82, 2.24) is 0 Å². The quantitative estimate of drug-likeness (QED) is 0.435. The number of allylic oxidation sites excluding steroid dienone is 1. The molecule has 0 heterocycles. The van der Waals surface area contributed by atoms with Crippen LogP contribution >= 0.6 is 0 Å². The third-order valence-electron chi connectivity index (χ3n) is 0.493. The normalized spacial score (nSPS) is 5.80. The monoisotopic (exact) mass is 170 g/mol. The van der Waals surface area contributed by atoms with E-state index in [1.807, 2.05) is 6.08 Å². The zero-order chi connectivity index (χ0) is 4.12. The molecular formula is C4H8Cd. The number of hydrogen-bond donors (Lipinski definition) is 0. The van der Waals surface area contributed by atoms with Gasteiger partial charge in [-0.1, -0.05) is 0 Å². The van der Waals surface area contributed by atoms with Crippen molar-refractivity contribution in [2.24, 2.45) is 0 Å². The van der Waals surface area contributed by atoms with E-state index in [1.54, 1.807) is 0 Å². The molecule has 0 aromatic rings. The average molecular weight is 169 g/mol. The Bertz CT molecular complexity index is 24.8. The van der Waals surface area contributed by atoms with Gasteiger partial charge in [0.05, 0.1) is 0 Å². The average Bonchev–Trinajstić information content (AvgIpc) is 1.41. The second-order valence-corrected chi connectivity index (χ2v) is 5.58. The van der Waals surface area contributed by atoms with Gasteiger partial charge < -0.3 is 0 Å². The SMILES string of the molecule is C=C[CH2][Cd][CH3]. The molecule has 1 heteroatoms. The molecule has 0 nitrogen and oxygen atoms in total. The van der Waals surface area contributed by atoms with Gasteiger partial charge in [-0.05, 0) is 0 Å². The molecule has 0 aliphatic rings. The van der Waals surface area contributed by atoms with E-state index in [2.05, 4.69) is 11.1 Å². The zero-order valence-electron chi connectivity index (χ0n) is 3.70. The van der Waals surface area contributed by atoms with Crippen molar-refractivity contribution in [3.05, 3.63) is 12.7 Å². The van der Waals surface area contributed by atoms with Crippen LogP contribution in [0, 0.1) is 0 Å². The molecule has 26 valence electrons. The van der Waals surface area contributed by atoms with Crippen LogP contribution in [0.5, 0.6) is 0 Å². The van der Waals surface area contributed by atoms with Crippen LogP contribution in [-0.4, -0.2) is 0 Å². The van der Waals surface area contributed by atoms with E-state index in [9.17, 15) is 0 Å². The van der Waals surface area contributed by atoms with E-state index in [4.69, 9.17) is 0 Å². The van der Waals surface area contributed by atoms with E-state index in [0.29, 0.717) is 0 Å². The maximum atomic E-state index is 3.60. The molecule has 0 aromatic carbocycles. The Labute approximate surface area is 45.5 Å². The molecule has 0 radical (unpaired) electrons. The Morgan fingerprint density at radius 2 is 2.60 bits per heavy atom. The van der Waals surface area contributed by atoms with Gasteiger partial charge in [-0.25, -0.2) is 0 Å². The fourth-order valence-electron chi connectivity index (χ4n) is 0.204. The molecule has 0 spiro atoms. The first-order valence-electron chi connectivity index (χ1n) is 2.02. The first kappa shape index (κ1) is 5.66. The molecule has 0 rings (SSSR count). The fraction of sp³-hybridized carbons (Fsp3) is 0.500. The summed E-state index contributed by atoms with van der Waals surface area (Å²) in [5.41, 5.74) is 0. The van der Waals surface area contributed by atoms with Gasteiger partial charge in [0.25, 0.3) is 0 Å². The molecule has 0 fully saturated rings. The summed E-state index contributed by atoms with van der Waals surface area (Å²) in [7, 11) is 0. The Balaban J connectivity index is 2.40. The van der Waals surface area contributed by atoms with Crippen LogP contribution in [0.1, 0.15) is 0 Å². The van der Waals surface area contributed by atoms with Crippen LogP contribution in [0.15, 0.2) is 12.7 Å². The molecule has 0 aliphatic heterocycles. The summed E-state index contributed by atoms with van der Waals surface area (Å²) < 4.78 is 3.71.